The molecule has 3 atom stereocenters. The number of benzene rings is 4. The Labute approximate surface area is 327 Å². The zero-order valence-electron chi connectivity index (χ0n) is 31.4. The first-order chi connectivity index (χ1) is 27.3. The van der Waals surface area contributed by atoms with Gasteiger partial charge in [-0.05, 0) is 96.2 Å². The van der Waals surface area contributed by atoms with Gasteiger partial charge in [-0.1, -0.05) is 67.2 Å². The molecule has 0 radical (unpaired) electrons. The first-order valence-corrected chi connectivity index (χ1v) is 19.8. The van der Waals surface area contributed by atoms with E-state index >= 15 is 0 Å². The summed E-state index contributed by atoms with van der Waals surface area (Å²) in [7, 11) is 0. The fourth-order valence-corrected chi connectivity index (χ4v) is 9.22. The van der Waals surface area contributed by atoms with Crippen molar-refractivity contribution in [3.8, 4) is 16.9 Å². The van der Waals surface area contributed by atoms with Crippen molar-refractivity contribution in [3.05, 3.63) is 149 Å². The Morgan fingerprint density at radius 3 is 2.34 bits per heavy atom. The number of allylic oxidation sites excluding steroid dienone is 1. The minimum absolute atomic E-state index is 0.216. The lowest BCUT2D eigenvalue weighted by Gasteiger charge is -2.36. The lowest BCUT2D eigenvalue weighted by Crippen LogP contribution is -2.51. The molecule has 56 heavy (non-hydrogen) atoms. The molecule has 10 nitrogen and oxygen atoms in total. The number of carbonyl (C=O) groups is 3. The van der Waals surface area contributed by atoms with Crippen molar-refractivity contribution in [1.29, 1.82) is 0 Å². The Kier molecular flexibility index (Phi) is 9.51. The molecule has 9 rings (SSSR count). The minimum atomic E-state index is -0.808. The standard InChI is InChI=1S/C46H46N6O4/c1-30-8-19-42(44(54)48-30)52-45(55)40-17-14-36(27-41(40)46(52)56)50-24-22-49(23-25-50)20-5-21-51-29-35(28-47-51)31-9-11-33(12-10-31)43-38(32-6-3-2-4-7-32)16-13-34-26-37(53)15-18-39(34)43/h2-4,6-7,9-12,14-15,17-18,26-29,38,42-43,53H,1,5,8,13,16,19-25H2,(H,48,54)/t38-,42?,43+/m1/s1. The first-order valence-electron chi connectivity index (χ1n) is 19.8. The van der Waals surface area contributed by atoms with Crippen LogP contribution in [0.25, 0.3) is 11.1 Å². The van der Waals surface area contributed by atoms with E-state index in [4.69, 9.17) is 5.10 Å². The summed E-state index contributed by atoms with van der Waals surface area (Å²) in [6.07, 6.45) is 7.99. The maximum atomic E-state index is 13.4. The lowest BCUT2D eigenvalue weighted by atomic mass is 9.69. The Bertz CT molecular complexity index is 2310. The maximum absolute atomic E-state index is 13.4. The van der Waals surface area contributed by atoms with Gasteiger partial charge in [0.1, 0.15) is 11.8 Å². The Morgan fingerprint density at radius 1 is 0.768 bits per heavy atom. The average Bonchev–Trinajstić information content (AvgIpc) is 3.79. The number of nitrogens with one attached hydrogen (secondary N) is 1. The van der Waals surface area contributed by atoms with Gasteiger partial charge < -0.3 is 15.3 Å². The summed E-state index contributed by atoms with van der Waals surface area (Å²) in [4.78, 5) is 45.0. The average molecular weight is 747 g/mol. The molecule has 4 heterocycles. The molecule has 4 aromatic carbocycles. The molecule has 0 saturated carbocycles. The van der Waals surface area contributed by atoms with Gasteiger partial charge in [0, 0.05) is 68.3 Å². The molecule has 3 amide bonds. The van der Waals surface area contributed by atoms with Crippen LogP contribution in [-0.4, -0.2) is 81.2 Å². The van der Waals surface area contributed by atoms with Gasteiger partial charge in [-0.2, -0.15) is 5.10 Å². The summed E-state index contributed by atoms with van der Waals surface area (Å²) < 4.78 is 2.04. The van der Waals surface area contributed by atoms with Gasteiger partial charge in [0.25, 0.3) is 11.8 Å². The number of rotatable bonds is 9. The van der Waals surface area contributed by atoms with Gasteiger partial charge in [0.05, 0.1) is 17.3 Å². The van der Waals surface area contributed by atoms with Crippen LogP contribution in [0.15, 0.2) is 116 Å². The third-order valence-corrected chi connectivity index (χ3v) is 12.2. The molecule has 3 aliphatic heterocycles. The number of aromatic hydroxyl groups is 1. The maximum Gasteiger partial charge on any atom is 0.262 e. The van der Waals surface area contributed by atoms with Crippen molar-refractivity contribution in [2.75, 3.05) is 37.6 Å². The smallest absolute Gasteiger partial charge is 0.262 e. The predicted molar refractivity (Wildman–Crippen MR) is 216 cm³/mol. The second-order valence-corrected chi connectivity index (χ2v) is 15.6. The third kappa shape index (κ3) is 6.79. The van der Waals surface area contributed by atoms with E-state index in [0.717, 1.165) is 80.2 Å². The number of amides is 3. The van der Waals surface area contributed by atoms with E-state index in [2.05, 4.69) is 88.6 Å². The van der Waals surface area contributed by atoms with Gasteiger partial charge in [0.15, 0.2) is 0 Å². The minimum Gasteiger partial charge on any atom is -0.508 e. The van der Waals surface area contributed by atoms with E-state index in [0.29, 0.717) is 41.3 Å². The van der Waals surface area contributed by atoms with Crippen LogP contribution in [0.4, 0.5) is 5.69 Å². The molecule has 2 N–H and O–H groups in total. The molecule has 0 spiro atoms. The number of hydrogen-bond acceptors (Lipinski definition) is 7. The van der Waals surface area contributed by atoms with Gasteiger partial charge in [-0.25, -0.2) is 0 Å². The van der Waals surface area contributed by atoms with Crippen molar-refractivity contribution < 1.29 is 19.5 Å². The molecular weight excluding hydrogens is 701 g/mol. The van der Waals surface area contributed by atoms with E-state index in [1.54, 1.807) is 6.07 Å². The highest BCUT2D eigenvalue weighted by Gasteiger charge is 2.44. The summed E-state index contributed by atoms with van der Waals surface area (Å²) in [6.45, 7) is 9.03. The quantitative estimate of drug-likeness (QED) is 0.161. The monoisotopic (exact) mass is 746 g/mol. The normalized spacial score (nSPS) is 21.2. The summed E-state index contributed by atoms with van der Waals surface area (Å²) in [5.41, 5.74) is 9.68. The zero-order chi connectivity index (χ0) is 38.3. The van der Waals surface area contributed by atoms with Crippen LogP contribution in [0.5, 0.6) is 5.75 Å². The molecule has 1 aliphatic carbocycles. The Hall–Kier alpha value is -6.00. The van der Waals surface area contributed by atoms with E-state index in [1.807, 2.05) is 35.1 Å². The van der Waals surface area contributed by atoms with E-state index in [-0.39, 0.29) is 11.8 Å². The number of phenolic OH excluding ortho intramolecular Hbond substituents is 1. The van der Waals surface area contributed by atoms with Crippen molar-refractivity contribution in [3.63, 3.8) is 0 Å². The van der Waals surface area contributed by atoms with Crippen LogP contribution in [0, 0.1) is 0 Å². The molecule has 5 aromatic rings. The summed E-state index contributed by atoms with van der Waals surface area (Å²) in [6, 6.07) is 30.3. The van der Waals surface area contributed by atoms with Crippen LogP contribution < -0.4 is 10.2 Å². The highest BCUT2D eigenvalue weighted by molar-refractivity contribution is 6.23. The summed E-state index contributed by atoms with van der Waals surface area (Å²) in [5.74, 6) is -0.246. The molecule has 2 saturated heterocycles. The van der Waals surface area contributed by atoms with E-state index < -0.39 is 17.9 Å². The molecule has 4 aliphatic rings. The van der Waals surface area contributed by atoms with Gasteiger partial charge in [0.2, 0.25) is 5.91 Å². The van der Waals surface area contributed by atoms with Crippen LogP contribution in [0.3, 0.4) is 0 Å². The third-order valence-electron chi connectivity index (χ3n) is 12.2. The molecule has 10 heteroatoms. The largest absolute Gasteiger partial charge is 0.508 e. The van der Waals surface area contributed by atoms with Gasteiger partial charge in [-0.15, -0.1) is 0 Å². The van der Waals surface area contributed by atoms with Crippen LogP contribution in [-0.2, 0) is 17.8 Å². The highest BCUT2D eigenvalue weighted by atomic mass is 16.3. The number of carbonyl (C=O) groups excluding carboxylic acids is 3. The number of piperazine rings is 1. The van der Waals surface area contributed by atoms with Crippen molar-refractivity contribution in [2.24, 2.45) is 0 Å². The van der Waals surface area contributed by atoms with E-state index in [1.165, 1.54) is 22.3 Å². The molecule has 0 bridgehead atoms. The SMILES string of the molecule is C=C1CCC(N2C(=O)c3ccc(N4CCN(CCCn5cc(-c6ccc([C@@H]7c8ccc(O)cc8CC[C@@H]7c7ccccc7)cc6)cn5)CC4)cc3C2=O)C(=O)N1. The number of fused-ring (bicyclic) bond motifs is 2. The number of hydrogen-bond donors (Lipinski definition) is 2. The van der Waals surface area contributed by atoms with Crippen molar-refractivity contribution in [1.82, 2.24) is 24.9 Å². The number of piperidine rings is 1. The fourth-order valence-electron chi connectivity index (χ4n) is 9.22. The summed E-state index contributed by atoms with van der Waals surface area (Å²) >= 11 is 0. The van der Waals surface area contributed by atoms with Crippen LogP contribution >= 0.6 is 0 Å². The number of aromatic nitrogens is 2. The molecular formula is C46H46N6O4. The molecule has 1 unspecified atom stereocenters. The second-order valence-electron chi connectivity index (χ2n) is 15.6. The van der Waals surface area contributed by atoms with E-state index in [9.17, 15) is 19.5 Å². The number of imide groups is 1. The van der Waals surface area contributed by atoms with Crippen molar-refractivity contribution >= 4 is 23.4 Å². The van der Waals surface area contributed by atoms with Gasteiger partial charge >= 0.3 is 0 Å². The fraction of sp³-hybridized carbons (Fsp3) is 0.304. The van der Waals surface area contributed by atoms with Crippen LogP contribution in [0.2, 0.25) is 0 Å². The number of aryl methyl sites for hydroxylation is 2. The topological polar surface area (TPSA) is 111 Å². The first kappa shape index (κ1) is 35.7. The van der Waals surface area contributed by atoms with Crippen LogP contribution in [0.1, 0.15) is 80.5 Å². The molecule has 2 fully saturated rings. The number of anilines is 1. The van der Waals surface area contributed by atoms with Gasteiger partial charge in [-0.3, -0.25) is 28.9 Å². The second kappa shape index (κ2) is 14.9. The highest BCUT2D eigenvalue weighted by Crippen LogP contribution is 2.47. The molecule has 284 valence electrons. The van der Waals surface area contributed by atoms with Crippen molar-refractivity contribution in [2.45, 2.75) is 56.5 Å². The Morgan fingerprint density at radius 2 is 1.55 bits per heavy atom. The number of nitrogens with zero attached hydrogens (tertiary/aromatic N) is 5. The molecule has 1 aromatic heterocycles. The lowest BCUT2D eigenvalue weighted by molar-refractivity contribution is -0.125. The zero-order valence-corrected chi connectivity index (χ0v) is 31.4. The summed E-state index contributed by atoms with van der Waals surface area (Å²) in [5, 5.41) is 17.6. The predicted octanol–water partition coefficient (Wildman–Crippen LogP) is 6.72. The number of phenols is 1. The Balaban J connectivity index is 0.790.